The van der Waals surface area contributed by atoms with Gasteiger partial charge >= 0.3 is 5.97 Å². The van der Waals surface area contributed by atoms with Crippen molar-refractivity contribution in [3.8, 4) is 0 Å². The van der Waals surface area contributed by atoms with Crippen molar-refractivity contribution in [3.63, 3.8) is 0 Å². The molecule has 0 aromatic heterocycles. The first kappa shape index (κ1) is 13.1. The van der Waals surface area contributed by atoms with E-state index in [1.54, 1.807) is 0 Å². The summed E-state index contributed by atoms with van der Waals surface area (Å²) in [6.45, 7) is 3.76. The molecule has 0 radical (unpaired) electrons. The second-order valence-corrected chi connectivity index (χ2v) is 3.57. The molecule has 4 nitrogen and oxygen atoms in total. The Hall–Kier alpha value is -0.870. The highest BCUT2D eigenvalue weighted by Crippen LogP contribution is 2.02. The summed E-state index contributed by atoms with van der Waals surface area (Å²) in [7, 11) is 8.00. The van der Waals surface area contributed by atoms with Crippen LogP contribution in [0.4, 0.5) is 0 Å². The number of nitrogens with zero attached hydrogens (tertiary/aromatic N) is 2. The molecule has 0 aromatic rings. The normalized spacial score (nSPS) is 11.1. The largest absolute Gasteiger partial charge is 0.462 e. The van der Waals surface area contributed by atoms with Crippen molar-refractivity contribution in [3.05, 3.63) is 12.7 Å². The molecule has 0 bridgehead atoms. The van der Waals surface area contributed by atoms with E-state index in [9.17, 15) is 4.79 Å². The molecule has 0 N–H and O–H groups in total. The third kappa shape index (κ3) is 4.99. The van der Waals surface area contributed by atoms with Gasteiger partial charge in [-0.25, -0.2) is 4.79 Å². The summed E-state index contributed by atoms with van der Waals surface area (Å²) in [5, 5.41) is 0. The molecule has 0 aliphatic carbocycles. The Bertz CT molecular complexity index is 183. The van der Waals surface area contributed by atoms with Crippen LogP contribution in [-0.4, -0.2) is 56.7 Å². The van der Waals surface area contributed by atoms with Gasteiger partial charge in [0.25, 0.3) is 0 Å². The summed E-state index contributed by atoms with van der Waals surface area (Å²) in [6, 6.07) is 0. The minimum absolute atomic E-state index is 0.285. The van der Waals surface area contributed by atoms with E-state index in [1.165, 1.54) is 6.08 Å². The van der Waals surface area contributed by atoms with Crippen molar-refractivity contribution in [2.45, 2.75) is 12.6 Å². The predicted molar refractivity (Wildman–Crippen MR) is 56.9 cm³/mol. The van der Waals surface area contributed by atoms with E-state index in [2.05, 4.69) is 16.4 Å². The van der Waals surface area contributed by atoms with Crippen LogP contribution in [0.2, 0.25) is 0 Å². The number of carbonyl (C=O) groups excluding carboxylic acids is 1. The number of esters is 1. The van der Waals surface area contributed by atoms with Gasteiger partial charge in [0.15, 0.2) is 0 Å². The molecule has 0 saturated carbocycles. The van der Waals surface area contributed by atoms with Crippen LogP contribution < -0.4 is 0 Å². The lowest BCUT2D eigenvalue weighted by molar-refractivity contribution is -0.138. The van der Waals surface area contributed by atoms with Crippen LogP contribution in [0.5, 0.6) is 0 Å². The molecule has 0 aromatic carbocycles. The fourth-order valence-corrected chi connectivity index (χ4v) is 1.30. The SMILES string of the molecule is C=CC(=O)OCCC(N(C)C)N(C)C. The Morgan fingerprint density at radius 1 is 1.36 bits per heavy atom. The van der Waals surface area contributed by atoms with Gasteiger partial charge < -0.3 is 4.74 Å². The summed E-state index contributed by atoms with van der Waals surface area (Å²) in [5.74, 6) is -0.360. The Morgan fingerprint density at radius 3 is 2.21 bits per heavy atom. The lowest BCUT2D eigenvalue weighted by atomic mass is 10.3. The van der Waals surface area contributed by atoms with Crippen molar-refractivity contribution >= 4 is 5.97 Å². The first-order valence-electron chi connectivity index (χ1n) is 4.61. The zero-order valence-corrected chi connectivity index (χ0v) is 9.49. The number of rotatable bonds is 6. The molecule has 82 valence electrons. The molecular weight excluding hydrogens is 180 g/mol. The quantitative estimate of drug-likeness (QED) is 0.356. The maximum absolute atomic E-state index is 10.8. The number of hydrogen-bond acceptors (Lipinski definition) is 4. The number of carbonyl (C=O) groups is 1. The molecule has 0 amide bonds. The zero-order chi connectivity index (χ0) is 11.1. The molecule has 0 fully saturated rings. The highest BCUT2D eigenvalue weighted by molar-refractivity contribution is 5.81. The third-order valence-corrected chi connectivity index (χ3v) is 1.98. The predicted octanol–water partition coefficient (Wildman–Crippen LogP) is 0.555. The van der Waals surface area contributed by atoms with Gasteiger partial charge in [-0.3, -0.25) is 9.80 Å². The standard InChI is InChI=1S/C10H20N2O2/c1-6-10(13)14-8-7-9(11(2)3)12(4)5/h6,9H,1,7-8H2,2-5H3. The van der Waals surface area contributed by atoms with Gasteiger partial charge in [-0.05, 0) is 28.2 Å². The average molecular weight is 200 g/mol. The number of hydrogen-bond donors (Lipinski definition) is 0. The summed E-state index contributed by atoms with van der Waals surface area (Å²) >= 11 is 0. The molecule has 0 unspecified atom stereocenters. The van der Waals surface area contributed by atoms with Crippen LogP contribution in [-0.2, 0) is 9.53 Å². The molecule has 14 heavy (non-hydrogen) atoms. The summed E-state index contributed by atoms with van der Waals surface area (Å²) in [5.41, 5.74) is 0. The van der Waals surface area contributed by atoms with Crippen LogP contribution in [0.3, 0.4) is 0 Å². The minimum Gasteiger partial charge on any atom is -0.462 e. The maximum atomic E-state index is 10.8. The van der Waals surface area contributed by atoms with Gasteiger partial charge in [0, 0.05) is 12.5 Å². The van der Waals surface area contributed by atoms with Crippen molar-refractivity contribution in [2.75, 3.05) is 34.8 Å². The van der Waals surface area contributed by atoms with Crippen LogP contribution in [0.15, 0.2) is 12.7 Å². The summed E-state index contributed by atoms with van der Waals surface area (Å²) in [6.07, 6.45) is 2.26. The van der Waals surface area contributed by atoms with E-state index in [1.807, 2.05) is 28.2 Å². The fourth-order valence-electron chi connectivity index (χ4n) is 1.30. The Balaban J connectivity index is 3.83. The molecule has 0 aliphatic rings. The highest BCUT2D eigenvalue weighted by Gasteiger charge is 2.13. The minimum atomic E-state index is -0.360. The molecule has 0 spiro atoms. The fraction of sp³-hybridized carbons (Fsp3) is 0.700. The van der Waals surface area contributed by atoms with Crippen molar-refractivity contribution < 1.29 is 9.53 Å². The number of ether oxygens (including phenoxy) is 1. The Kier molecular flexibility index (Phi) is 6.16. The highest BCUT2D eigenvalue weighted by atomic mass is 16.5. The Morgan fingerprint density at radius 2 is 1.86 bits per heavy atom. The van der Waals surface area contributed by atoms with Gasteiger partial charge in [0.1, 0.15) is 0 Å². The second kappa shape index (κ2) is 6.56. The average Bonchev–Trinajstić information content (AvgIpc) is 2.10. The van der Waals surface area contributed by atoms with Crippen LogP contribution in [0.1, 0.15) is 6.42 Å². The lowest BCUT2D eigenvalue weighted by Crippen LogP contribution is -2.41. The third-order valence-electron chi connectivity index (χ3n) is 1.98. The second-order valence-electron chi connectivity index (χ2n) is 3.57. The summed E-state index contributed by atoms with van der Waals surface area (Å²) < 4.78 is 4.91. The molecule has 0 rings (SSSR count). The van der Waals surface area contributed by atoms with Gasteiger partial charge in [0.2, 0.25) is 0 Å². The van der Waals surface area contributed by atoms with E-state index in [-0.39, 0.29) is 12.1 Å². The van der Waals surface area contributed by atoms with E-state index < -0.39 is 0 Å². The van der Waals surface area contributed by atoms with Gasteiger partial charge in [0.05, 0.1) is 12.8 Å². The first-order valence-corrected chi connectivity index (χ1v) is 4.61. The molecule has 0 heterocycles. The van der Waals surface area contributed by atoms with Crippen LogP contribution in [0.25, 0.3) is 0 Å². The molecular formula is C10H20N2O2. The maximum Gasteiger partial charge on any atom is 0.330 e. The van der Waals surface area contributed by atoms with Gasteiger partial charge in [-0.1, -0.05) is 6.58 Å². The van der Waals surface area contributed by atoms with E-state index in [0.717, 1.165) is 6.42 Å². The molecule has 0 aliphatic heterocycles. The van der Waals surface area contributed by atoms with Crippen molar-refractivity contribution in [1.82, 2.24) is 9.80 Å². The smallest absolute Gasteiger partial charge is 0.330 e. The van der Waals surface area contributed by atoms with E-state index >= 15 is 0 Å². The van der Waals surface area contributed by atoms with E-state index in [4.69, 9.17) is 4.74 Å². The first-order chi connectivity index (χ1) is 6.49. The summed E-state index contributed by atoms with van der Waals surface area (Å²) in [4.78, 5) is 14.9. The van der Waals surface area contributed by atoms with Gasteiger partial charge in [-0.15, -0.1) is 0 Å². The van der Waals surface area contributed by atoms with Crippen LogP contribution in [0, 0.1) is 0 Å². The monoisotopic (exact) mass is 200 g/mol. The Labute approximate surface area is 86.1 Å². The topological polar surface area (TPSA) is 32.8 Å². The zero-order valence-electron chi connectivity index (χ0n) is 9.49. The van der Waals surface area contributed by atoms with Crippen LogP contribution >= 0.6 is 0 Å². The molecule has 0 saturated heterocycles. The molecule has 4 heteroatoms. The van der Waals surface area contributed by atoms with Crippen molar-refractivity contribution in [2.24, 2.45) is 0 Å². The molecule has 0 atom stereocenters. The van der Waals surface area contributed by atoms with E-state index in [0.29, 0.717) is 6.61 Å². The lowest BCUT2D eigenvalue weighted by Gasteiger charge is -2.30. The van der Waals surface area contributed by atoms with Gasteiger partial charge in [-0.2, -0.15) is 0 Å². The van der Waals surface area contributed by atoms with Crippen molar-refractivity contribution in [1.29, 1.82) is 0 Å².